The van der Waals surface area contributed by atoms with E-state index in [0.717, 1.165) is 0 Å². The summed E-state index contributed by atoms with van der Waals surface area (Å²) in [6.45, 7) is 0.169. The lowest BCUT2D eigenvalue weighted by Crippen LogP contribution is -2.06. The van der Waals surface area contributed by atoms with Crippen LogP contribution in [-0.2, 0) is 13.8 Å². The molecule has 0 aliphatic rings. The van der Waals surface area contributed by atoms with Crippen LogP contribution in [0.4, 0.5) is 0 Å². The quantitative estimate of drug-likeness (QED) is 0.355. The van der Waals surface area contributed by atoms with E-state index in [1.54, 1.807) is 0 Å². The third-order valence-electron chi connectivity index (χ3n) is 0.657. The first-order chi connectivity index (χ1) is 4.56. The van der Waals surface area contributed by atoms with E-state index in [1.165, 1.54) is 0 Å². The van der Waals surface area contributed by atoms with Gasteiger partial charge in [0.1, 0.15) is 6.61 Å². The van der Waals surface area contributed by atoms with Crippen molar-refractivity contribution in [2.75, 3.05) is 19.0 Å². The monoisotopic (exact) mass is 182 g/mol. The zero-order valence-electron chi connectivity index (χ0n) is 5.21. The van der Waals surface area contributed by atoms with Gasteiger partial charge in [-0.1, -0.05) is 5.92 Å². The second-order valence-electron chi connectivity index (χ2n) is 1.50. The van der Waals surface area contributed by atoms with Gasteiger partial charge in [-0.2, -0.15) is 0 Å². The van der Waals surface area contributed by atoms with Gasteiger partial charge in [0.15, 0.2) is 0 Å². The highest BCUT2D eigenvalue weighted by Gasteiger charge is 2.02. The highest BCUT2D eigenvalue weighted by molar-refractivity contribution is 8.13. The molecule has 0 rings (SSSR count). The Balaban J connectivity index is 3.32. The molecule has 0 aromatic carbocycles. The SMILES string of the molecule is C#CCOCCS(=O)(=O)Cl. The van der Waals surface area contributed by atoms with Crippen LogP contribution in [0.2, 0.25) is 0 Å². The first kappa shape index (κ1) is 9.76. The summed E-state index contributed by atoms with van der Waals surface area (Å²) in [7, 11) is 1.43. The molecule has 0 aromatic rings. The van der Waals surface area contributed by atoms with Crippen LogP contribution >= 0.6 is 10.7 Å². The molecule has 0 amide bonds. The Bertz CT molecular complexity index is 214. The number of halogens is 1. The van der Waals surface area contributed by atoms with E-state index >= 15 is 0 Å². The fourth-order valence-corrected chi connectivity index (χ4v) is 0.795. The largest absolute Gasteiger partial charge is 0.368 e. The van der Waals surface area contributed by atoms with Crippen molar-refractivity contribution < 1.29 is 13.2 Å². The Morgan fingerprint density at radius 1 is 1.60 bits per heavy atom. The molecule has 10 heavy (non-hydrogen) atoms. The van der Waals surface area contributed by atoms with Crippen molar-refractivity contribution in [3.8, 4) is 12.3 Å². The summed E-state index contributed by atoms with van der Waals surface area (Å²) < 4.78 is 25.1. The summed E-state index contributed by atoms with van der Waals surface area (Å²) >= 11 is 0. The summed E-state index contributed by atoms with van der Waals surface area (Å²) in [5, 5.41) is 0. The van der Waals surface area contributed by atoms with Crippen LogP contribution in [0.25, 0.3) is 0 Å². The minimum atomic E-state index is -3.43. The molecule has 5 heteroatoms. The molecule has 0 saturated carbocycles. The maximum absolute atomic E-state index is 10.2. The number of rotatable bonds is 4. The zero-order chi connectivity index (χ0) is 8.04. The molecule has 0 heterocycles. The summed E-state index contributed by atoms with van der Waals surface area (Å²) in [5.41, 5.74) is 0. The molecule has 0 radical (unpaired) electrons. The molecule has 0 aliphatic heterocycles. The maximum Gasteiger partial charge on any atom is 0.234 e. The molecule has 0 N–H and O–H groups in total. The molecule has 0 atom stereocenters. The van der Waals surface area contributed by atoms with E-state index < -0.39 is 9.05 Å². The summed E-state index contributed by atoms with van der Waals surface area (Å²) in [6, 6.07) is 0. The highest BCUT2D eigenvalue weighted by atomic mass is 35.7. The van der Waals surface area contributed by atoms with E-state index in [1.807, 2.05) is 0 Å². The Morgan fingerprint density at radius 2 is 2.20 bits per heavy atom. The van der Waals surface area contributed by atoms with Crippen LogP contribution in [0, 0.1) is 12.3 Å². The van der Waals surface area contributed by atoms with Gasteiger partial charge in [0, 0.05) is 10.7 Å². The van der Waals surface area contributed by atoms with E-state index in [2.05, 4.69) is 10.7 Å². The van der Waals surface area contributed by atoms with E-state index in [-0.39, 0.29) is 19.0 Å². The Kier molecular flexibility index (Phi) is 4.45. The average Bonchev–Trinajstić information content (AvgIpc) is 1.78. The van der Waals surface area contributed by atoms with E-state index in [9.17, 15) is 8.42 Å². The van der Waals surface area contributed by atoms with Gasteiger partial charge in [0.2, 0.25) is 9.05 Å². The van der Waals surface area contributed by atoms with Crippen LogP contribution in [0.15, 0.2) is 0 Å². The van der Waals surface area contributed by atoms with Crippen LogP contribution in [0.3, 0.4) is 0 Å². The minimum Gasteiger partial charge on any atom is -0.368 e. The smallest absolute Gasteiger partial charge is 0.234 e. The van der Waals surface area contributed by atoms with E-state index in [4.69, 9.17) is 17.1 Å². The molecular formula is C5H7ClO3S. The van der Waals surface area contributed by atoms with Crippen LogP contribution in [-0.4, -0.2) is 27.4 Å². The lowest BCUT2D eigenvalue weighted by molar-refractivity contribution is 0.184. The lowest BCUT2D eigenvalue weighted by Gasteiger charge is -1.95. The van der Waals surface area contributed by atoms with Gasteiger partial charge in [-0.15, -0.1) is 6.42 Å². The molecule has 3 nitrogen and oxygen atoms in total. The predicted octanol–water partition coefficient (Wildman–Crippen LogP) is 0.205. The summed E-state index contributed by atoms with van der Waals surface area (Å²) in [5.74, 6) is 2.00. The van der Waals surface area contributed by atoms with Crippen LogP contribution in [0.1, 0.15) is 0 Å². The third-order valence-corrected chi connectivity index (χ3v) is 1.77. The second kappa shape index (κ2) is 4.56. The second-order valence-corrected chi connectivity index (χ2v) is 4.40. The zero-order valence-corrected chi connectivity index (χ0v) is 6.78. The van der Waals surface area contributed by atoms with Gasteiger partial charge in [-0.05, 0) is 0 Å². The van der Waals surface area contributed by atoms with Crippen molar-refractivity contribution in [3.63, 3.8) is 0 Å². The molecule has 0 unspecified atom stereocenters. The topological polar surface area (TPSA) is 43.4 Å². The van der Waals surface area contributed by atoms with Crippen molar-refractivity contribution in [3.05, 3.63) is 0 Å². The number of terminal acetylenes is 1. The highest BCUT2D eigenvalue weighted by Crippen LogP contribution is 1.94. The molecular weight excluding hydrogens is 176 g/mol. The Labute approximate surface area is 64.7 Å². The van der Waals surface area contributed by atoms with Gasteiger partial charge in [-0.3, -0.25) is 0 Å². The standard InChI is InChI=1S/C5H7ClO3S/c1-2-3-9-4-5-10(6,7)8/h1H,3-5H2. The Hall–Kier alpha value is -0.240. The number of hydrogen-bond donors (Lipinski definition) is 0. The molecule has 0 aromatic heterocycles. The summed E-state index contributed by atoms with van der Waals surface area (Å²) in [6.07, 6.45) is 4.82. The van der Waals surface area contributed by atoms with E-state index in [0.29, 0.717) is 0 Å². The first-order valence-electron chi connectivity index (χ1n) is 2.50. The van der Waals surface area contributed by atoms with Gasteiger partial charge in [-0.25, -0.2) is 8.42 Å². The first-order valence-corrected chi connectivity index (χ1v) is 4.97. The third kappa shape index (κ3) is 7.76. The predicted molar refractivity (Wildman–Crippen MR) is 39.3 cm³/mol. The van der Waals surface area contributed by atoms with Crippen LogP contribution < -0.4 is 0 Å². The van der Waals surface area contributed by atoms with Gasteiger partial charge in [0.25, 0.3) is 0 Å². The Morgan fingerprint density at radius 3 is 2.60 bits per heavy atom. The van der Waals surface area contributed by atoms with Crippen molar-refractivity contribution in [2.45, 2.75) is 0 Å². The van der Waals surface area contributed by atoms with Crippen molar-refractivity contribution >= 4 is 19.7 Å². The molecule has 0 spiro atoms. The van der Waals surface area contributed by atoms with Gasteiger partial charge in [0.05, 0.1) is 12.4 Å². The van der Waals surface area contributed by atoms with Crippen molar-refractivity contribution in [2.24, 2.45) is 0 Å². The normalized spacial score (nSPS) is 10.8. The molecule has 0 bridgehead atoms. The number of hydrogen-bond acceptors (Lipinski definition) is 3. The van der Waals surface area contributed by atoms with Gasteiger partial charge < -0.3 is 4.74 Å². The molecule has 0 aliphatic carbocycles. The summed E-state index contributed by atoms with van der Waals surface area (Å²) in [4.78, 5) is 0. The van der Waals surface area contributed by atoms with Crippen LogP contribution in [0.5, 0.6) is 0 Å². The lowest BCUT2D eigenvalue weighted by atomic mass is 10.7. The maximum atomic E-state index is 10.2. The fraction of sp³-hybridized carbons (Fsp3) is 0.600. The number of ether oxygens (including phenoxy) is 1. The minimum absolute atomic E-state index is 0.0516. The average molecular weight is 183 g/mol. The molecule has 0 fully saturated rings. The van der Waals surface area contributed by atoms with Gasteiger partial charge >= 0.3 is 0 Å². The molecule has 0 saturated heterocycles. The van der Waals surface area contributed by atoms with Crippen molar-refractivity contribution in [1.82, 2.24) is 0 Å². The molecule has 58 valence electrons. The van der Waals surface area contributed by atoms with Crippen molar-refractivity contribution in [1.29, 1.82) is 0 Å². The fourth-order valence-electron chi connectivity index (χ4n) is 0.290.